The molecule has 1 atom stereocenters. The number of benzene rings is 1. The molecule has 5 heteroatoms. The number of likely N-dealkylation sites (tertiary alicyclic amines) is 2. The molecule has 2 saturated heterocycles. The molecular weight excluding hydrogens is 389 g/mol. The average molecular weight is 422 g/mol. The molecule has 0 bridgehead atoms. The van der Waals surface area contributed by atoms with Crippen molar-refractivity contribution in [3.05, 3.63) is 70.5 Å². The van der Waals surface area contributed by atoms with Crippen molar-refractivity contribution in [3.8, 4) is 6.07 Å². The minimum Gasteiger partial charge on any atom is -0.498 e. The Bertz CT molecular complexity index is 888. The van der Waals surface area contributed by atoms with E-state index in [1.165, 1.54) is 16.7 Å². The number of allylic oxidation sites excluding steroid dienone is 3. The monoisotopic (exact) mass is 421 g/mol. The summed E-state index contributed by atoms with van der Waals surface area (Å²) in [6, 6.07) is 10.2. The minimum atomic E-state index is -0.611. The van der Waals surface area contributed by atoms with Gasteiger partial charge in [0.05, 0.1) is 24.0 Å². The van der Waals surface area contributed by atoms with Gasteiger partial charge in [-0.05, 0) is 61.2 Å². The van der Waals surface area contributed by atoms with Gasteiger partial charge in [-0.1, -0.05) is 24.3 Å². The summed E-state index contributed by atoms with van der Waals surface area (Å²) in [4.78, 5) is 4.70. The van der Waals surface area contributed by atoms with Crippen molar-refractivity contribution in [2.75, 3.05) is 46.4 Å². The van der Waals surface area contributed by atoms with E-state index in [1.807, 2.05) is 12.1 Å². The third-order valence-electron chi connectivity index (χ3n) is 6.54. The Morgan fingerprint density at radius 1 is 1.16 bits per heavy atom. The lowest BCUT2D eigenvalue weighted by Gasteiger charge is -2.34. The Labute approximate surface area is 185 Å². The first kappa shape index (κ1) is 21.8. The summed E-state index contributed by atoms with van der Waals surface area (Å²) >= 11 is 0. The molecule has 0 amide bonds. The van der Waals surface area contributed by atoms with E-state index in [2.05, 4.69) is 53.3 Å². The number of rotatable bonds is 6. The number of halogens is 1. The van der Waals surface area contributed by atoms with Crippen molar-refractivity contribution in [3.63, 3.8) is 0 Å². The van der Waals surface area contributed by atoms with Crippen LogP contribution in [0.2, 0.25) is 0 Å². The van der Waals surface area contributed by atoms with Gasteiger partial charge in [0.2, 0.25) is 0 Å². The first-order chi connectivity index (χ1) is 15.1. The van der Waals surface area contributed by atoms with Gasteiger partial charge in [0, 0.05) is 45.1 Å². The molecule has 2 fully saturated rings. The highest BCUT2D eigenvalue weighted by Gasteiger charge is 2.28. The van der Waals surface area contributed by atoms with Gasteiger partial charge in [0.25, 0.3) is 0 Å². The van der Waals surface area contributed by atoms with E-state index >= 15 is 0 Å². The number of piperidine rings is 2. The average Bonchev–Trinajstić information content (AvgIpc) is 3.00. The van der Waals surface area contributed by atoms with Crippen LogP contribution in [0.5, 0.6) is 0 Å². The molecule has 2 heterocycles. The fourth-order valence-electron chi connectivity index (χ4n) is 4.76. The fraction of sp³-hybridized carbons (Fsp3) is 0.500. The highest BCUT2D eigenvalue weighted by Crippen LogP contribution is 2.36. The molecule has 4 nitrogen and oxygen atoms in total. The normalized spacial score (nSPS) is 23.1. The summed E-state index contributed by atoms with van der Waals surface area (Å²) in [5.41, 5.74) is 4.67. The maximum absolute atomic E-state index is 13.3. The molecule has 0 saturated carbocycles. The van der Waals surface area contributed by atoms with Crippen LogP contribution >= 0.6 is 0 Å². The number of nitriles is 1. The Morgan fingerprint density at radius 3 is 2.68 bits per heavy atom. The number of nitrogens with zero attached hydrogens (tertiary/aromatic N) is 3. The second-order valence-corrected chi connectivity index (χ2v) is 8.89. The molecule has 1 aromatic carbocycles. The van der Waals surface area contributed by atoms with Crippen molar-refractivity contribution in [1.82, 2.24) is 9.80 Å². The lowest BCUT2D eigenvalue weighted by atomic mass is 9.82. The predicted molar refractivity (Wildman–Crippen MR) is 121 cm³/mol. The maximum Gasteiger partial charge on any atom is 0.103 e. The number of hydrogen-bond donors (Lipinski definition) is 0. The molecule has 0 N–H and O–H groups in total. The van der Waals surface area contributed by atoms with Crippen LogP contribution < -0.4 is 0 Å². The van der Waals surface area contributed by atoms with Gasteiger partial charge in [-0.15, -0.1) is 0 Å². The summed E-state index contributed by atoms with van der Waals surface area (Å²) in [5, 5.41) is 9.09. The Hall–Kier alpha value is -2.42. The molecule has 0 spiro atoms. The SMILES string of the molecule is CN1CC2=CCC(OCCCN3CCC(F)CC3)=CC=C2C(c2ccc(C#N)cc2)C1. The number of likely N-dealkylation sites (N-methyl/N-ethyl adjacent to an activating group) is 1. The first-order valence-electron chi connectivity index (χ1n) is 11.4. The zero-order chi connectivity index (χ0) is 21.6. The highest BCUT2D eigenvalue weighted by molar-refractivity contribution is 5.48. The second-order valence-electron chi connectivity index (χ2n) is 8.89. The van der Waals surface area contributed by atoms with Crippen molar-refractivity contribution < 1.29 is 9.13 Å². The van der Waals surface area contributed by atoms with Crippen molar-refractivity contribution in [1.29, 1.82) is 5.26 Å². The van der Waals surface area contributed by atoms with Crippen LogP contribution in [0.25, 0.3) is 0 Å². The first-order valence-corrected chi connectivity index (χ1v) is 11.4. The molecular formula is C26H32FN3O. The van der Waals surface area contributed by atoms with Crippen LogP contribution in [-0.2, 0) is 4.74 Å². The van der Waals surface area contributed by atoms with Crippen molar-refractivity contribution >= 4 is 0 Å². The van der Waals surface area contributed by atoms with E-state index in [4.69, 9.17) is 10.00 Å². The summed E-state index contributed by atoms with van der Waals surface area (Å²) in [7, 11) is 2.16. The van der Waals surface area contributed by atoms with Crippen LogP contribution in [0.3, 0.4) is 0 Å². The minimum absolute atomic E-state index is 0.298. The Balaban J connectivity index is 1.37. The van der Waals surface area contributed by atoms with Gasteiger partial charge in [-0.3, -0.25) is 0 Å². The maximum atomic E-state index is 13.3. The van der Waals surface area contributed by atoms with E-state index in [0.717, 1.165) is 51.3 Å². The van der Waals surface area contributed by atoms with Gasteiger partial charge >= 0.3 is 0 Å². The zero-order valence-corrected chi connectivity index (χ0v) is 18.4. The lowest BCUT2D eigenvalue weighted by Crippen LogP contribution is -2.35. The standard InChI is InChI=1S/C26H32FN3O/c1-29-18-22-7-8-24(31-16-2-13-30-14-11-23(27)12-15-30)9-10-25(22)26(19-29)21-5-3-20(17-28)4-6-21/h3-7,9-10,23,26H,2,8,11-16,18-19H2,1H3. The number of hydrogen-bond acceptors (Lipinski definition) is 4. The third-order valence-corrected chi connectivity index (χ3v) is 6.54. The molecule has 2 aliphatic heterocycles. The molecule has 0 aromatic heterocycles. The van der Waals surface area contributed by atoms with Crippen molar-refractivity contribution in [2.45, 2.75) is 37.8 Å². The molecule has 31 heavy (non-hydrogen) atoms. The predicted octanol–water partition coefficient (Wildman–Crippen LogP) is 4.57. The molecule has 0 radical (unpaired) electrons. The largest absolute Gasteiger partial charge is 0.498 e. The Kier molecular flexibility index (Phi) is 7.21. The molecule has 1 aliphatic carbocycles. The van der Waals surface area contributed by atoms with Gasteiger partial charge in [-0.25, -0.2) is 4.39 Å². The molecule has 4 rings (SSSR count). The van der Waals surface area contributed by atoms with Crippen LogP contribution in [0.1, 0.15) is 42.7 Å². The topological polar surface area (TPSA) is 39.5 Å². The molecule has 1 aromatic rings. The van der Waals surface area contributed by atoms with Crippen LogP contribution in [0.4, 0.5) is 4.39 Å². The summed E-state index contributed by atoms with van der Waals surface area (Å²) in [5.74, 6) is 1.31. The van der Waals surface area contributed by atoms with Crippen molar-refractivity contribution in [2.24, 2.45) is 0 Å². The van der Waals surface area contributed by atoms with Crippen LogP contribution in [0.15, 0.2) is 59.4 Å². The quantitative estimate of drug-likeness (QED) is 0.631. The Morgan fingerprint density at radius 2 is 1.94 bits per heavy atom. The van der Waals surface area contributed by atoms with E-state index in [9.17, 15) is 4.39 Å². The number of alkyl halides is 1. The highest BCUT2D eigenvalue weighted by atomic mass is 19.1. The second kappa shape index (κ2) is 10.3. The van der Waals surface area contributed by atoms with Gasteiger partial charge in [0.1, 0.15) is 6.17 Å². The lowest BCUT2D eigenvalue weighted by molar-refractivity contribution is 0.132. The zero-order valence-electron chi connectivity index (χ0n) is 18.4. The van der Waals surface area contributed by atoms with E-state index in [-0.39, 0.29) is 0 Å². The number of ether oxygens (including phenoxy) is 1. The fourth-order valence-corrected chi connectivity index (χ4v) is 4.76. The van der Waals surface area contributed by atoms with Gasteiger partial charge < -0.3 is 14.5 Å². The summed E-state index contributed by atoms with van der Waals surface area (Å²) < 4.78 is 19.4. The van der Waals surface area contributed by atoms with E-state index < -0.39 is 6.17 Å². The van der Waals surface area contributed by atoms with Crippen LogP contribution in [-0.4, -0.2) is 62.3 Å². The third kappa shape index (κ3) is 5.64. The van der Waals surface area contributed by atoms with E-state index in [1.54, 1.807) is 0 Å². The smallest absolute Gasteiger partial charge is 0.103 e. The number of fused-ring (bicyclic) bond motifs is 1. The summed E-state index contributed by atoms with van der Waals surface area (Å²) in [6.45, 7) is 5.33. The molecule has 1 unspecified atom stereocenters. The van der Waals surface area contributed by atoms with Gasteiger partial charge in [0.15, 0.2) is 0 Å². The summed E-state index contributed by atoms with van der Waals surface area (Å²) in [6.07, 6.45) is 9.19. The van der Waals surface area contributed by atoms with Gasteiger partial charge in [-0.2, -0.15) is 5.26 Å². The molecule has 3 aliphatic rings. The van der Waals surface area contributed by atoms with E-state index in [0.29, 0.717) is 30.9 Å². The molecule has 164 valence electrons. The van der Waals surface area contributed by atoms with Crippen LogP contribution in [0, 0.1) is 11.3 Å².